The van der Waals surface area contributed by atoms with Crippen LogP contribution in [-0.2, 0) is 4.79 Å². The van der Waals surface area contributed by atoms with E-state index in [-0.39, 0.29) is 11.8 Å². The molecule has 0 radical (unpaired) electrons. The van der Waals surface area contributed by atoms with E-state index in [9.17, 15) is 9.59 Å². The van der Waals surface area contributed by atoms with E-state index in [4.69, 9.17) is 5.73 Å². The summed E-state index contributed by atoms with van der Waals surface area (Å²) >= 11 is 0. The normalized spacial score (nSPS) is 11.7. The van der Waals surface area contributed by atoms with Crippen molar-refractivity contribution in [1.82, 2.24) is 5.32 Å². The minimum Gasteiger partial charge on any atom is -0.352 e. The van der Waals surface area contributed by atoms with E-state index in [1.165, 1.54) is 0 Å². The molecule has 1 unspecified atom stereocenters. The lowest BCUT2D eigenvalue weighted by molar-refractivity contribution is -0.117. The first-order valence-corrected chi connectivity index (χ1v) is 5.99. The Labute approximate surface area is 107 Å². The van der Waals surface area contributed by atoms with Crippen LogP contribution in [0.1, 0.15) is 30.6 Å². The Morgan fingerprint density at radius 3 is 2.72 bits per heavy atom. The molecule has 0 aliphatic heterocycles. The predicted octanol–water partition coefficient (Wildman–Crippen LogP) is 1.11. The average molecular weight is 249 g/mol. The van der Waals surface area contributed by atoms with E-state index >= 15 is 0 Å². The Balaban J connectivity index is 2.73. The van der Waals surface area contributed by atoms with Crippen molar-refractivity contribution in [3.63, 3.8) is 0 Å². The van der Waals surface area contributed by atoms with Gasteiger partial charge >= 0.3 is 0 Å². The molecule has 4 N–H and O–H groups in total. The molecule has 18 heavy (non-hydrogen) atoms. The maximum Gasteiger partial charge on any atom is 0.251 e. The highest BCUT2D eigenvalue weighted by atomic mass is 16.2. The Morgan fingerprint density at radius 2 is 2.11 bits per heavy atom. The molecule has 0 saturated carbocycles. The molecule has 5 heteroatoms. The quantitative estimate of drug-likeness (QED) is 0.731. The molecule has 1 rings (SSSR count). The molecule has 98 valence electrons. The number of hydrogen-bond acceptors (Lipinski definition) is 3. The number of benzene rings is 1. The monoisotopic (exact) mass is 249 g/mol. The highest BCUT2D eigenvalue weighted by Gasteiger charge is 2.09. The smallest absolute Gasteiger partial charge is 0.251 e. The summed E-state index contributed by atoms with van der Waals surface area (Å²) in [5, 5.41) is 5.42. The summed E-state index contributed by atoms with van der Waals surface area (Å²) in [6.45, 7) is 4.22. The van der Waals surface area contributed by atoms with Crippen LogP contribution in [0, 0.1) is 0 Å². The molecule has 0 aliphatic carbocycles. The molecule has 1 atom stereocenters. The average Bonchev–Trinajstić information content (AvgIpc) is 2.36. The van der Waals surface area contributed by atoms with Gasteiger partial charge in [0.15, 0.2) is 0 Å². The van der Waals surface area contributed by atoms with Crippen molar-refractivity contribution in [2.75, 3.05) is 11.9 Å². The van der Waals surface area contributed by atoms with Gasteiger partial charge in [0.2, 0.25) is 5.91 Å². The first-order valence-electron chi connectivity index (χ1n) is 5.99. The van der Waals surface area contributed by atoms with Crippen molar-refractivity contribution in [2.45, 2.75) is 26.3 Å². The Bertz CT molecular complexity index is 430. The zero-order valence-corrected chi connectivity index (χ0v) is 10.7. The van der Waals surface area contributed by atoms with E-state index in [0.717, 1.165) is 6.42 Å². The van der Waals surface area contributed by atoms with Crippen LogP contribution < -0.4 is 16.4 Å². The number of carbonyl (C=O) groups excluding carboxylic acids is 2. The summed E-state index contributed by atoms with van der Waals surface area (Å²) in [5.74, 6) is -0.421. The SMILES string of the molecule is CCCNC(=O)c1cccc(NC(=O)C(C)N)c1. The second kappa shape index (κ2) is 6.76. The topological polar surface area (TPSA) is 84.2 Å². The number of amides is 2. The van der Waals surface area contributed by atoms with Crippen molar-refractivity contribution in [2.24, 2.45) is 5.73 Å². The molecule has 1 aromatic carbocycles. The maximum absolute atomic E-state index is 11.7. The van der Waals surface area contributed by atoms with Gasteiger partial charge in [-0.05, 0) is 31.5 Å². The molecule has 0 heterocycles. The Kier molecular flexibility index (Phi) is 5.32. The fourth-order valence-corrected chi connectivity index (χ4v) is 1.33. The highest BCUT2D eigenvalue weighted by molar-refractivity contribution is 5.98. The van der Waals surface area contributed by atoms with E-state index in [2.05, 4.69) is 10.6 Å². The fraction of sp³-hybridized carbons (Fsp3) is 0.385. The summed E-state index contributed by atoms with van der Waals surface area (Å²) in [6.07, 6.45) is 0.882. The van der Waals surface area contributed by atoms with Gasteiger partial charge in [-0.15, -0.1) is 0 Å². The minimum atomic E-state index is -0.581. The van der Waals surface area contributed by atoms with E-state index in [0.29, 0.717) is 17.8 Å². The lowest BCUT2D eigenvalue weighted by Gasteiger charge is -2.09. The predicted molar refractivity (Wildman–Crippen MR) is 71.3 cm³/mol. The number of nitrogens with two attached hydrogens (primary N) is 1. The molecule has 1 aromatic rings. The molecule has 0 fully saturated rings. The fourth-order valence-electron chi connectivity index (χ4n) is 1.33. The van der Waals surface area contributed by atoms with Crippen LogP contribution in [-0.4, -0.2) is 24.4 Å². The van der Waals surface area contributed by atoms with E-state index in [1.807, 2.05) is 6.92 Å². The van der Waals surface area contributed by atoms with Crippen LogP contribution in [0.3, 0.4) is 0 Å². The largest absolute Gasteiger partial charge is 0.352 e. The van der Waals surface area contributed by atoms with Crippen molar-refractivity contribution < 1.29 is 9.59 Å². The molecular weight excluding hydrogens is 230 g/mol. The molecule has 0 aliphatic rings. The lowest BCUT2D eigenvalue weighted by Crippen LogP contribution is -2.32. The van der Waals surface area contributed by atoms with E-state index < -0.39 is 6.04 Å². The van der Waals surface area contributed by atoms with Crippen LogP contribution in [0.2, 0.25) is 0 Å². The van der Waals surface area contributed by atoms with Crippen LogP contribution in [0.5, 0.6) is 0 Å². The Hall–Kier alpha value is -1.88. The van der Waals surface area contributed by atoms with Gasteiger partial charge in [-0.2, -0.15) is 0 Å². The van der Waals surface area contributed by atoms with Gasteiger partial charge < -0.3 is 16.4 Å². The zero-order valence-electron chi connectivity index (χ0n) is 10.7. The zero-order chi connectivity index (χ0) is 13.5. The number of nitrogens with one attached hydrogen (secondary N) is 2. The van der Waals surface area contributed by atoms with Gasteiger partial charge in [-0.25, -0.2) is 0 Å². The molecule has 0 aromatic heterocycles. The standard InChI is InChI=1S/C13H19N3O2/c1-3-7-15-13(18)10-5-4-6-11(8-10)16-12(17)9(2)14/h4-6,8-9H,3,7,14H2,1-2H3,(H,15,18)(H,16,17). The number of rotatable bonds is 5. The third kappa shape index (κ3) is 4.18. The number of carbonyl (C=O) groups is 2. The van der Waals surface area contributed by atoms with Crippen LogP contribution in [0.4, 0.5) is 5.69 Å². The third-order valence-corrected chi connectivity index (χ3v) is 2.34. The Morgan fingerprint density at radius 1 is 1.39 bits per heavy atom. The van der Waals surface area contributed by atoms with Crippen LogP contribution in [0.25, 0.3) is 0 Å². The highest BCUT2D eigenvalue weighted by Crippen LogP contribution is 2.10. The molecule has 2 amide bonds. The van der Waals surface area contributed by atoms with Gasteiger partial charge in [-0.3, -0.25) is 9.59 Å². The third-order valence-electron chi connectivity index (χ3n) is 2.34. The van der Waals surface area contributed by atoms with Gasteiger partial charge in [0.25, 0.3) is 5.91 Å². The van der Waals surface area contributed by atoms with Gasteiger partial charge in [-0.1, -0.05) is 13.0 Å². The van der Waals surface area contributed by atoms with Gasteiger partial charge in [0.05, 0.1) is 6.04 Å². The van der Waals surface area contributed by atoms with Gasteiger partial charge in [0.1, 0.15) is 0 Å². The van der Waals surface area contributed by atoms with Gasteiger partial charge in [0, 0.05) is 17.8 Å². The summed E-state index contributed by atoms with van der Waals surface area (Å²) in [5.41, 5.74) is 6.55. The first kappa shape index (κ1) is 14.2. The van der Waals surface area contributed by atoms with Crippen LogP contribution >= 0.6 is 0 Å². The lowest BCUT2D eigenvalue weighted by atomic mass is 10.2. The molecular formula is C13H19N3O2. The van der Waals surface area contributed by atoms with Crippen molar-refractivity contribution in [3.05, 3.63) is 29.8 Å². The minimum absolute atomic E-state index is 0.145. The number of hydrogen-bond donors (Lipinski definition) is 3. The summed E-state index contributed by atoms with van der Waals surface area (Å²) in [7, 11) is 0. The maximum atomic E-state index is 11.7. The molecule has 5 nitrogen and oxygen atoms in total. The molecule has 0 saturated heterocycles. The first-order chi connectivity index (χ1) is 8.54. The van der Waals surface area contributed by atoms with Crippen LogP contribution in [0.15, 0.2) is 24.3 Å². The summed E-state index contributed by atoms with van der Waals surface area (Å²) < 4.78 is 0. The second-order valence-electron chi connectivity index (χ2n) is 4.11. The van der Waals surface area contributed by atoms with Crippen molar-refractivity contribution in [3.8, 4) is 0 Å². The summed E-state index contributed by atoms with van der Waals surface area (Å²) in [4.78, 5) is 23.2. The molecule has 0 spiro atoms. The van der Waals surface area contributed by atoms with Crippen molar-refractivity contribution >= 4 is 17.5 Å². The molecule has 0 bridgehead atoms. The summed E-state index contributed by atoms with van der Waals surface area (Å²) in [6, 6.07) is 6.19. The number of anilines is 1. The van der Waals surface area contributed by atoms with Crippen molar-refractivity contribution in [1.29, 1.82) is 0 Å². The van der Waals surface area contributed by atoms with E-state index in [1.54, 1.807) is 31.2 Å². The second-order valence-corrected chi connectivity index (χ2v) is 4.11.